The molecule has 2 aliphatic carbocycles. The summed E-state index contributed by atoms with van der Waals surface area (Å²) in [6, 6.07) is 7.08. The van der Waals surface area contributed by atoms with Crippen LogP contribution >= 0.6 is 0 Å². The molecule has 1 saturated heterocycles. The Labute approximate surface area is 154 Å². The maximum atomic E-state index is 13.9. The number of carbonyl (C=O) groups is 2. The number of amides is 2. The lowest BCUT2D eigenvalue weighted by Crippen LogP contribution is -2.38. The van der Waals surface area contributed by atoms with Gasteiger partial charge >= 0.3 is 0 Å². The summed E-state index contributed by atoms with van der Waals surface area (Å²) in [5.74, 6) is -0.315. The zero-order valence-electron chi connectivity index (χ0n) is 15.1. The second-order valence-corrected chi connectivity index (χ2v) is 8.07. The number of halogens is 1. The van der Waals surface area contributed by atoms with E-state index in [1.165, 1.54) is 31.7 Å². The van der Waals surface area contributed by atoms with Gasteiger partial charge in [0.05, 0.1) is 5.92 Å². The largest absolute Gasteiger partial charge is 0.352 e. The monoisotopic (exact) mass is 358 g/mol. The molecule has 2 amide bonds. The molecule has 3 atom stereocenters. The first kappa shape index (κ1) is 17.5. The summed E-state index contributed by atoms with van der Waals surface area (Å²) in [4.78, 5) is 27.0. The molecule has 0 unspecified atom stereocenters. The first-order valence-corrected chi connectivity index (χ1v) is 9.98. The van der Waals surface area contributed by atoms with Gasteiger partial charge in [-0.3, -0.25) is 9.59 Å². The molecule has 2 saturated carbocycles. The van der Waals surface area contributed by atoms with Crippen LogP contribution in [-0.2, 0) is 9.59 Å². The summed E-state index contributed by atoms with van der Waals surface area (Å²) >= 11 is 0. The molecule has 140 valence electrons. The highest BCUT2D eigenvalue weighted by Crippen LogP contribution is 2.42. The Bertz CT molecular complexity index is 684. The van der Waals surface area contributed by atoms with E-state index in [1.807, 2.05) is 11.0 Å². The van der Waals surface area contributed by atoms with E-state index in [2.05, 4.69) is 5.32 Å². The van der Waals surface area contributed by atoms with E-state index in [1.54, 1.807) is 12.1 Å². The number of likely N-dealkylation sites (tertiary alicyclic amines) is 1. The lowest BCUT2D eigenvalue weighted by Gasteiger charge is -2.27. The summed E-state index contributed by atoms with van der Waals surface area (Å²) in [5.41, 5.74) is 0.681. The lowest BCUT2D eigenvalue weighted by molar-refractivity contribution is -0.130. The number of hydrogen-bond acceptors (Lipinski definition) is 2. The van der Waals surface area contributed by atoms with Crippen molar-refractivity contribution < 1.29 is 14.0 Å². The van der Waals surface area contributed by atoms with Crippen molar-refractivity contribution in [1.29, 1.82) is 0 Å². The number of nitrogens with one attached hydrogen (secondary N) is 1. The Hall–Kier alpha value is -1.91. The summed E-state index contributed by atoms with van der Waals surface area (Å²) in [6.45, 7) is 0.548. The van der Waals surface area contributed by atoms with Crippen molar-refractivity contribution in [2.45, 2.75) is 69.4 Å². The number of nitrogens with zero attached hydrogens (tertiary/aromatic N) is 1. The van der Waals surface area contributed by atoms with Gasteiger partial charge in [-0.15, -0.1) is 0 Å². The van der Waals surface area contributed by atoms with Crippen molar-refractivity contribution in [1.82, 2.24) is 10.2 Å². The number of hydrogen-bond donors (Lipinski definition) is 1. The summed E-state index contributed by atoms with van der Waals surface area (Å²) in [6.07, 6.45) is 8.09. The van der Waals surface area contributed by atoms with E-state index in [0.717, 1.165) is 19.3 Å². The maximum absolute atomic E-state index is 13.9. The molecule has 4 nitrogen and oxygen atoms in total. The Morgan fingerprint density at radius 1 is 1.12 bits per heavy atom. The minimum Gasteiger partial charge on any atom is -0.352 e. The average Bonchev–Trinajstić information content (AvgIpc) is 3.35. The molecule has 0 spiro atoms. The van der Waals surface area contributed by atoms with E-state index in [0.29, 0.717) is 24.6 Å². The van der Waals surface area contributed by atoms with Crippen LogP contribution < -0.4 is 5.32 Å². The van der Waals surface area contributed by atoms with Crippen molar-refractivity contribution in [3.8, 4) is 0 Å². The molecule has 0 bridgehead atoms. The van der Waals surface area contributed by atoms with Gasteiger partial charge in [0.25, 0.3) is 0 Å². The van der Waals surface area contributed by atoms with E-state index >= 15 is 0 Å². The third-order valence-corrected chi connectivity index (χ3v) is 6.22. The van der Waals surface area contributed by atoms with Gasteiger partial charge in [-0.05, 0) is 30.9 Å². The third-order valence-electron chi connectivity index (χ3n) is 6.22. The van der Waals surface area contributed by atoms with Gasteiger partial charge in [0.15, 0.2) is 0 Å². The summed E-state index contributed by atoms with van der Waals surface area (Å²) in [5, 5.41) is 3.04. The van der Waals surface area contributed by atoms with Crippen molar-refractivity contribution >= 4 is 11.8 Å². The smallest absolute Gasteiger partial charge is 0.225 e. The zero-order chi connectivity index (χ0) is 18.1. The van der Waals surface area contributed by atoms with Crippen LogP contribution in [0.25, 0.3) is 0 Å². The fraction of sp³-hybridized carbons (Fsp3) is 0.619. The van der Waals surface area contributed by atoms with E-state index in [-0.39, 0.29) is 35.5 Å². The van der Waals surface area contributed by atoms with Gasteiger partial charge in [-0.1, -0.05) is 43.9 Å². The van der Waals surface area contributed by atoms with Crippen LogP contribution in [0.3, 0.4) is 0 Å². The maximum Gasteiger partial charge on any atom is 0.225 e. The van der Waals surface area contributed by atoms with Crippen molar-refractivity contribution in [3.05, 3.63) is 35.6 Å². The molecule has 3 aliphatic rings. The van der Waals surface area contributed by atoms with E-state index in [4.69, 9.17) is 0 Å². The average molecular weight is 358 g/mol. The van der Waals surface area contributed by atoms with Crippen LogP contribution in [-0.4, -0.2) is 35.3 Å². The first-order chi connectivity index (χ1) is 12.6. The molecule has 3 fully saturated rings. The van der Waals surface area contributed by atoms with Gasteiger partial charge in [0.1, 0.15) is 5.82 Å². The van der Waals surface area contributed by atoms with Crippen LogP contribution in [0, 0.1) is 11.7 Å². The number of rotatable bonds is 4. The summed E-state index contributed by atoms with van der Waals surface area (Å²) < 4.78 is 13.9. The Morgan fingerprint density at radius 3 is 2.58 bits per heavy atom. The van der Waals surface area contributed by atoms with Gasteiger partial charge < -0.3 is 10.2 Å². The molecule has 26 heavy (non-hydrogen) atoms. The Kier molecular flexibility index (Phi) is 4.96. The fourth-order valence-electron chi connectivity index (χ4n) is 4.60. The Morgan fingerprint density at radius 2 is 1.85 bits per heavy atom. The molecule has 1 aromatic carbocycles. The number of carbonyl (C=O) groups excluding carboxylic acids is 2. The highest BCUT2D eigenvalue weighted by molar-refractivity contribution is 5.89. The minimum atomic E-state index is -0.257. The zero-order valence-corrected chi connectivity index (χ0v) is 15.1. The van der Waals surface area contributed by atoms with Gasteiger partial charge in [0, 0.05) is 31.0 Å². The van der Waals surface area contributed by atoms with Crippen molar-refractivity contribution in [2.24, 2.45) is 5.92 Å². The molecular weight excluding hydrogens is 331 g/mol. The lowest BCUT2D eigenvalue weighted by atomic mass is 10.1. The SMILES string of the molecule is O=C(N[C@@H]1C[C@H]1c1ccccc1F)[C@H]1CC(=O)N(C2CCCCCC2)C1. The predicted octanol–water partition coefficient (Wildman–Crippen LogP) is 3.37. The highest BCUT2D eigenvalue weighted by atomic mass is 19.1. The Balaban J connectivity index is 1.32. The number of benzene rings is 1. The van der Waals surface area contributed by atoms with Gasteiger partial charge in [-0.25, -0.2) is 4.39 Å². The molecule has 0 aromatic heterocycles. The molecule has 1 heterocycles. The first-order valence-electron chi connectivity index (χ1n) is 9.98. The minimum absolute atomic E-state index is 0.00133. The molecule has 4 rings (SSSR count). The second-order valence-electron chi connectivity index (χ2n) is 8.07. The van der Waals surface area contributed by atoms with Crippen LogP contribution in [0.1, 0.15) is 62.8 Å². The van der Waals surface area contributed by atoms with Crippen LogP contribution in [0.15, 0.2) is 24.3 Å². The fourth-order valence-corrected chi connectivity index (χ4v) is 4.60. The molecule has 5 heteroatoms. The molecule has 1 N–H and O–H groups in total. The van der Waals surface area contributed by atoms with E-state index < -0.39 is 0 Å². The topological polar surface area (TPSA) is 49.4 Å². The van der Waals surface area contributed by atoms with Gasteiger partial charge in [-0.2, -0.15) is 0 Å². The quantitative estimate of drug-likeness (QED) is 0.839. The van der Waals surface area contributed by atoms with Crippen LogP contribution in [0.2, 0.25) is 0 Å². The normalized spacial score (nSPS) is 29.5. The van der Waals surface area contributed by atoms with Crippen molar-refractivity contribution in [2.75, 3.05) is 6.54 Å². The highest BCUT2D eigenvalue weighted by Gasteiger charge is 2.44. The molecule has 1 aliphatic heterocycles. The van der Waals surface area contributed by atoms with Gasteiger partial charge in [0.2, 0.25) is 11.8 Å². The van der Waals surface area contributed by atoms with Crippen molar-refractivity contribution in [3.63, 3.8) is 0 Å². The van der Waals surface area contributed by atoms with Crippen LogP contribution in [0.4, 0.5) is 4.39 Å². The third kappa shape index (κ3) is 3.62. The molecular formula is C21H27FN2O2. The molecule has 0 radical (unpaired) electrons. The molecule has 1 aromatic rings. The standard InChI is InChI=1S/C21H27FN2O2/c22-18-10-6-5-9-16(18)17-12-19(17)23-21(26)14-11-20(25)24(13-14)15-7-3-1-2-4-8-15/h5-6,9-10,14-15,17,19H,1-4,7-8,11-13H2,(H,23,26)/t14-,17-,19+/m0/s1. The summed E-state index contributed by atoms with van der Waals surface area (Å²) in [7, 11) is 0. The van der Waals surface area contributed by atoms with E-state index in [9.17, 15) is 14.0 Å². The second kappa shape index (κ2) is 7.37. The van der Waals surface area contributed by atoms with Crippen LogP contribution in [0.5, 0.6) is 0 Å². The predicted molar refractivity (Wildman–Crippen MR) is 97.0 cm³/mol.